The van der Waals surface area contributed by atoms with E-state index in [1.807, 2.05) is 0 Å². The number of hydrogen-bond acceptors (Lipinski definition) is 5. The molecule has 156 valence electrons. The van der Waals surface area contributed by atoms with Gasteiger partial charge in [0, 0.05) is 18.2 Å². The van der Waals surface area contributed by atoms with Crippen LogP contribution in [0.25, 0.3) is 0 Å². The van der Waals surface area contributed by atoms with E-state index < -0.39 is 18.1 Å². The van der Waals surface area contributed by atoms with Gasteiger partial charge >= 0.3 is 18.1 Å². The Hall–Kier alpha value is -2.72. The first-order valence-corrected chi connectivity index (χ1v) is 8.59. The second kappa shape index (κ2) is 7.60. The molecule has 12 heteroatoms. The highest BCUT2D eigenvalue weighted by Crippen LogP contribution is 2.48. The highest BCUT2D eigenvalue weighted by Gasteiger charge is 2.66. The first kappa shape index (κ1) is 21.0. The van der Waals surface area contributed by atoms with Crippen LogP contribution >= 0.6 is 23.2 Å². The van der Waals surface area contributed by atoms with E-state index >= 15 is 0 Å². The van der Waals surface area contributed by atoms with Gasteiger partial charge in [0.15, 0.2) is 11.5 Å². The number of methoxy groups -OCH3 is 2. The SMILES string of the molecule is COc1ccc(OC)c(NC(=O)NC2(C(F)(F)F)Oc3cc(Cl)c(Cl)cc3O2)c1. The summed E-state index contributed by atoms with van der Waals surface area (Å²) in [4.78, 5) is 12.3. The average Bonchev–Trinajstić information content (AvgIpc) is 2.99. The predicted molar refractivity (Wildman–Crippen MR) is 98.2 cm³/mol. The van der Waals surface area contributed by atoms with Gasteiger partial charge in [-0.2, -0.15) is 13.2 Å². The van der Waals surface area contributed by atoms with Crippen LogP contribution in [0.4, 0.5) is 23.7 Å². The number of hydrogen-bond donors (Lipinski definition) is 2. The van der Waals surface area contributed by atoms with E-state index in [1.54, 1.807) is 11.4 Å². The van der Waals surface area contributed by atoms with Gasteiger partial charge in [0.2, 0.25) is 0 Å². The van der Waals surface area contributed by atoms with Crippen LogP contribution in [0.5, 0.6) is 23.0 Å². The van der Waals surface area contributed by atoms with E-state index in [9.17, 15) is 18.0 Å². The minimum Gasteiger partial charge on any atom is -0.497 e. The molecule has 0 unspecified atom stereocenters. The van der Waals surface area contributed by atoms with Gasteiger partial charge in [0.1, 0.15) is 11.5 Å². The van der Waals surface area contributed by atoms with Gasteiger partial charge in [-0.3, -0.25) is 5.32 Å². The third-order valence-corrected chi connectivity index (χ3v) is 4.52. The summed E-state index contributed by atoms with van der Waals surface area (Å²) >= 11 is 11.6. The molecule has 2 N–H and O–H groups in total. The number of benzene rings is 2. The van der Waals surface area contributed by atoms with E-state index in [-0.39, 0.29) is 33.0 Å². The van der Waals surface area contributed by atoms with Crippen LogP contribution in [0.2, 0.25) is 10.0 Å². The van der Waals surface area contributed by atoms with Crippen molar-refractivity contribution in [2.24, 2.45) is 0 Å². The van der Waals surface area contributed by atoms with Gasteiger partial charge < -0.3 is 24.3 Å². The lowest BCUT2D eigenvalue weighted by atomic mass is 10.2. The third-order valence-electron chi connectivity index (χ3n) is 3.80. The molecule has 29 heavy (non-hydrogen) atoms. The number of rotatable bonds is 4. The van der Waals surface area contributed by atoms with E-state index in [2.05, 4.69) is 5.32 Å². The van der Waals surface area contributed by atoms with Gasteiger partial charge in [-0.25, -0.2) is 4.79 Å². The number of nitrogens with one attached hydrogen (secondary N) is 2. The standard InChI is InChI=1S/C17H13Cl2F3N2O5/c1-26-8-3-4-12(27-2)11(5-8)23-15(25)24-17(16(20,21)22)28-13-6-9(18)10(19)7-14(13)29-17/h3-7H,1-2H3,(H2,23,24,25). The zero-order valence-corrected chi connectivity index (χ0v) is 16.3. The van der Waals surface area contributed by atoms with Crippen molar-refractivity contribution in [1.82, 2.24) is 5.32 Å². The number of ether oxygens (including phenoxy) is 4. The Morgan fingerprint density at radius 2 is 1.62 bits per heavy atom. The number of amides is 2. The molecule has 2 aromatic carbocycles. The summed E-state index contributed by atoms with van der Waals surface area (Å²) in [5, 5.41) is 3.81. The summed E-state index contributed by atoms with van der Waals surface area (Å²) in [7, 11) is 2.72. The Kier molecular flexibility index (Phi) is 5.50. The molecule has 0 aromatic heterocycles. The van der Waals surface area contributed by atoms with Gasteiger partial charge in [-0.15, -0.1) is 0 Å². The van der Waals surface area contributed by atoms with E-state index in [0.29, 0.717) is 5.75 Å². The minimum absolute atomic E-state index is 0.0439. The van der Waals surface area contributed by atoms with Crippen molar-refractivity contribution >= 4 is 34.9 Å². The summed E-state index contributed by atoms with van der Waals surface area (Å²) in [6.45, 7) is 0. The molecule has 2 aromatic rings. The van der Waals surface area contributed by atoms with Crippen molar-refractivity contribution in [2.75, 3.05) is 19.5 Å². The fourth-order valence-electron chi connectivity index (χ4n) is 2.45. The Morgan fingerprint density at radius 1 is 1.03 bits per heavy atom. The number of anilines is 1. The summed E-state index contributed by atoms with van der Waals surface area (Å²) < 4.78 is 61.1. The highest BCUT2D eigenvalue weighted by molar-refractivity contribution is 6.42. The molecule has 0 radical (unpaired) electrons. The van der Waals surface area contributed by atoms with Crippen LogP contribution in [-0.4, -0.2) is 32.3 Å². The van der Waals surface area contributed by atoms with Crippen molar-refractivity contribution < 1.29 is 36.9 Å². The molecule has 0 saturated carbocycles. The molecule has 1 heterocycles. The van der Waals surface area contributed by atoms with Crippen molar-refractivity contribution in [3.05, 3.63) is 40.4 Å². The largest absolute Gasteiger partial charge is 0.497 e. The predicted octanol–water partition coefficient (Wildman–Crippen LogP) is 4.82. The van der Waals surface area contributed by atoms with E-state index in [1.165, 1.54) is 26.4 Å². The molecule has 0 saturated heterocycles. The zero-order chi connectivity index (χ0) is 21.4. The number of carbonyl (C=O) groups is 1. The quantitative estimate of drug-likeness (QED) is 0.695. The summed E-state index contributed by atoms with van der Waals surface area (Å²) in [6, 6.07) is 5.21. The van der Waals surface area contributed by atoms with Crippen LogP contribution in [0.1, 0.15) is 0 Å². The first-order chi connectivity index (χ1) is 13.6. The van der Waals surface area contributed by atoms with Crippen LogP contribution in [-0.2, 0) is 0 Å². The lowest BCUT2D eigenvalue weighted by Crippen LogP contribution is -2.65. The Balaban J connectivity index is 1.87. The molecule has 1 aliphatic rings. The number of urea groups is 1. The number of fused-ring (bicyclic) bond motifs is 1. The van der Waals surface area contributed by atoms with Crippen LogP contribution in [0, 0.1) is 0 Å². The monoisotopic (exact) mass is 452 g/mol. The third kappa shape index (κ3) is 4.03. The summed E-state index contributed by atoms with van der Waals surface area (Å²) in [5.74, 6) is -3.62. The molecule has 0 fully saturated rings. The van der Waals surface area contributed by atoms with Gasteiger partial charge in [-0.1, -0.05) is 23.2 Å². The maximum atomic E-state index is 13.7. The zero-order valence-electron chi connectivity index (χ0n) is 14.8. The van der Waals surface area contributed by atoms with Gasteiger partial charge in [0.25, 0.3) is 0 Å². The molecular formula is C17H13Cl2F3N2O5. The molecule has 0 bridgehead atoms. The molecule has 0 atom stereocenters. The number of carbonyl (C=O) groups excluding carboxylic acids is 1. The van der Waals surface area contributed by atoms with Crippen molar-refractivity contribution in [3.8, 4) is 23.0 Å². The maximum Gasteiger partial charge on any atom is 0.492 e. The van der Waals surface area contributed by atoms with Crippen LogP contribution in [0.15, 0.2) is 30.3 Å². The molecule has 7 nitrogen and oxygen atoms in total. The minimum atomic E-state index is -5.15. The van der Waals surface area contributed by atoms with E-state index in [4.69, 9.17) is 42.1 Å². The summed E-state index contributed by atoms with van der Waals surface area (Å²) in [6.07, 6.45) is -5.15. The number of alkyl halides is 3. The fourth-order valence-corrected chi connectivity index (χ4v) is 2.76. The number of halogens is 5. The van der Waals surface area contributed by atoms with E-state index in [0.717, 1.165) is 12.1 Å². The lowest BCUT2D eigenvalue weighted by molar-refractivity contribution is -0.317. The summed E-state index contributed by atoms with van der Waals surface area (Å²) in [5.41, 5.74) is 0.0586. The van der Waals surface area contributed by atoms with Crippen molar-refractivity contribution in [2.45, 2.75) is 12.1 Å². The normalized spacial score (nSPS) is 14.3. The Bertz CT molecular complexity index is 924. The second-order valence-electron chi connectivity index (χ2n) is 5.68. The Morgan fingerprint density at radius 3 is 2.10 bits per heavy atom. The van der Waals surface area contributed by atoms with Crippen LogP contribution < -0.4 is 29.6 Å². The van der Waals surface area contributed by atoms with Crippen LogP contribution in [0.3, 0.4) is 0 Å². The van der Waals surface area contributed by atoms with Crippen molar-refractivity contribution in [1.29, 1.82) is 0 Å². The molecule has 1 aliphatic heterocycles. The lowest BCUT2D eigenvalue weighted by Gasteiger charge is -2.29. The topological polar surface area (TPSA) is 78.1 Å². The highest BCUT2D eigenvalue weighted by atomic mass is 35.5. The molecule has 0 aliphatic carbocycles. The second-order valence-corrected chi connectivity index (χ2v) is 6.49. The molecule has 0 spiro atoms. The average molecular weight is 453 g/mol. The van der Waals surface area contributed by atoms with Gasteiger partial charge in [0.05, 0.1) is 30.0 Å². The van der Waals surface area contributed by atoms with Gasteiger partial charge in [-0.05, 0) is 12.1 Å². The molecular weight excluding hydrogens is 440 g/mol. The molecule has 2 amide bonds. The Labute approximate surface area is 172 Å². The van der Waals surface area contributed by atoms with Crippen molar-refractivity contribution in [3.63, 3.8) is 0 Å². The maximum absolute atomic E-state index is 13.7. The molecule has 3 rings (SSSR count). The smallest absolute Gasteiger partial charge is 0.492 e. The first-order valence-electron chi connectivity index (χ1n) is 7.83. The fraction of sp³-hybridized carbons (Fsp3) is 0.235.